The molecule has 0 aliphatic heterocycles. The molecule has 1 aliphatic rings. The lowest BCUT2D eigenvalue weighted by Gasteiger charge is -2.15. The van der Waals surface area contributed by atoms with Gasteiger partial charge in [-0.2, -0.15) is 9.61 Å². The highest BCUT2D eigenvalue weighted by atomic mass is 32.2. The van der Waals surface area contributed by atoms with E-state index in [9.17, 15) is 18.6 Å². The number of nitrogens with one attached hydrogen (secondary N) is 1. The number of fused-ring (bicyclic) bond motifs is 1. The second-order valence-electron chi connectivity index (χ2n) is 10.9. The zero-order valence-corrected chi connectivity index (χ0v) is 25.0. The van der Waals surface area contributed by atoms with E-state index < -0.39 is 28.3 Å². The van der Waals surface area contributed by atoms with E-state index >= 15 is 0 Å². The summed E-state index contributed by atoms with van der Waals surface area (Å²) >= 11 is 0. The first-order valence-electron chi connectivity index (χ1n) is 14.1. The Morgan fingerprint density at radius 1 is 1.14 bits per heavy atom. The number of anilines is 1. The van der Waals surface area contributed by atoms with Crippen LogP contribution in [0.2, 0.25) is 0 Å². The molecule has 1 saturated carbocycles. The highest BCUT2D eigenvalue weighted by Crippen LogP contribution is 2.42. The molecular formula is C31H34N6O5S. The second-order valence-corrected chi connectivity index (χ2v) is 12.9. The van der Waals surface area contributed by atoms with Crippen LogP contribution < -0.4 is 10.1 Å². The molecule has 1 atom stereocenters. The number of benzene rings is 2. The maximum atomic E-state index is 13.0. The number of ether oxygens (including phenoxy) is 1. The molecule has 43 heavy (non-hydrogen) atoms. The first kappa shape index (κ1) is 28.8. The molecule has 224 valence electrons. The number of nitrogens with zero attached hydrogens (tertiary/aromatic N) is 5. The lowest BCUT2D eigenvalue weighted by Crippen LogP contribution is -2.12. The van der Waals surface area contributed by atoms with Crippen LogP contribution in [0.3, 0.4) is 0 Å². The van der Waals surface area contributed by atoms with Crippen LogP contribution in [-0.2, 0) is 23.4 Å². The van der Waals surface area contributed by atoms with Gasteiger partial charge in [0.05, 0.1) is 37.0 Å². The molecule has 12 heteroatoms. The fraction of sp³-hybridized carbons (Fsp3) is 0.323. The number of rotatable bonds is 11. The first-order valence-corrected chi connectivity index (χ1v) is 15.8. The van der Waals surface area contributed by atoms with Crippen molar-refractivity contribution in [3.63, 3.8) is 0 Å². The Balaban J connectivity index is 1.43. The van der Waals surface area contributed by atoms with Gasteiger partial charge in [-0.3, -0.25) is 0 Å². The van der Waals surface area contributed by atoms with Crippen LogP contribution in [0, 0.1) is 12.8 Å². The molecule has 1 unspecified atom stereocenters. The van der Waals surface area contributed by atoms with Crippen LogP contribution in [0.5, 0.6) is 5.75 Å². The van der Waals surface area contributed by atoms with E-state index in [1.807, 2.05) is 49.0 Å². The van der Waals surface area contributed by atoms with E-state index in [1.54, 1.807) is 22.8 Å². The highest BCUT2D eigenvalue weighted by molar-refractivity contribution is 7.91. The van der Waals surface area contributed by atoms with Crippen molar-refractivity contribution in [3.8, 4) is 28.3 Å². The number of hydrogen-bond acceptors (Lipinski definition) is 9. The van der Waals surface area contributed by atoms with E-state index in [0.717, 1.165) is 29.8 Å². The van der Waals surface area contributed by atoms with Crippen molar-refractivity contribution in [2.24, 2.45) is 13.0 Å². The van der Waals surface area contributed by atoms with Gasteiger partial charge in [0.15, 0.2) is 15.5 Å². The predicted octanol–water partition coefficient (Wildman–Crippen LogP) is 3.94. The molecule has 3 heterocycles. The number of hydrogen-bond donors (Lipinski definition) is 3. The van der Waals surface area contributed by atoms with Gasteiger partial charge in [-0.15, -0.1) is 0 Å². The molecule has 11 nitrogen and oxygen atoms in total. The summed E-state index contributed by atoms with van der Waals surface area (Å²) in [4.78, 5) is 9.30. The molecular weight excluding hydrogens is 568 g/mol. The lowest BCUT2D eigenvalue weighted by molar-refractivity contribution is 0.149. The van der Waals surface area contributed by atoms with E-state index in [1.165, 1.54) is 13.2 Å². The Hall–Kier alpha value is -4.26. The fourth-order valence-electron chi connectivity index (χ4n) is 5.37. The molecule has 0 saturated heterocycles. The van der Waals surface area contributed by atoms with E-state index in [0.29, 0.717) is 40.5 Å². The Labute approximate surface area is 249 Å². The Morgan fingerprint density at radius 3 is 2.65 bits per heavy atom. The van der Waals surface area contributed by atoms with Crippen LogP contribution in [0.15, 0.2) is 65.8 Å². The summed E-state index contributed by atoms with van der Waals surface area (Å²) in [5, 5.41) is 28.7. The highest BCUT2D eigenvalue weighted by Gasteiger charge is 2.33. The maximum absolute atomic E-state index is 13.0. The third kappa shape index (κ3) is 5.61. The number of aliphatic hydroxyl groups is 2. The quantitative estimate of drug-likeness (QED) is 0.205. The summed E-state index contributed by atoms with van der Waals surface area (Å²) in [5.41, 5.74) is 4.93. The molecule has 6 rings (SSSR count). The van der Waals surface area contributed by atoms with Crippen LogP contribution in [0.25, 0.3) is 28.2 Å². The van der Waals surface area contributed by atoms with Gasteiger partial charge in [-0.25, -0.2) is 18.4 Å². The minimum Gasteiger partial charge on any atom is -0.495 e. The van der Waals surface area contributed by atoms with Crippen molar-refractivity contribution in [2.75, 3.05) is 24.8 Å². The average Bonchev–Trinajstić information content (AvgIpc) is 3.67. The van der Waals surface area contributed by atoms with Gasteiger partial charge >= 0.3 is 0 Å². The third-order valence-electron chi connectivity index (χ3n) is 7.78. The van der Waals surface area contributed by atoms with Gasteiger partial charge in [-0.05, 0) is 55.0 Å². The molecule has 0 amide bonds. The van der Waals surface area contributed by atoms with E-state index in [2.05, 4.69) is 16.4 Å². The smallest absolute Gasteiger partial charge is 0.184 e. The van der Waals surface area contributed by atoms with E-state index in [4.69, 9.17) is 14.8 Å². The molecule has 0 bridgehead atoms. The maximum Gasteiger partial charge on any atom is 0.184 e. The van der Waals surface area contributed by atoms with E-state index in [-0.39, 0.29) is 16.6 Å². The number of aromatic nitrogens is 5. The Kier molecular flexibility index (Phi) is 7.67. The molecule has 5 aromatic rings. The summed E-state index contributed by atoms with van der Waals surface area (Å²) in [6.45, 7) is 1.82. The standard InChI is InChI=1S/C31H34N6O5S/c1-19-28(22-9-10-25(42-3)26(16-22)43(40,41)14-13-38)31-34-24(29(39)21-7-8-21)17-27(37(31)35-19)33-18-20-5-4-6-23(15-20)30-32-11-12-36(30)2/h4-6,9-12,15-17,21,29,33,38-39H,7-8,13-14,18H2,1-3H3. The molecule has 2 aromatic carbocycles. The van der Waals surface area contributed by atoms with Crippen molar-refractivity contribution >= 4 is 21.3 Å². The Bertz CT molecular complexity index is 1910. The minimum atomic E-state index is -3.81. The predicted molar refractivity (Wildman–Crippen MR) is 163 cm³/mol. The van der Waals surface area contributed by atoms with Crippen molar-refractivity contribution in [1.29, 1.82) is 0 Å². The van der Waals surface area contributed by atoms with Gasteiger partial charge in [0.25, 0.3) is 0 Å². The second kappa shape index (κ2) is 11.4. The van der Waals surface area contributed by atoms with Crippen molar-refractivity contribution < 1.29 is 23.4 Å². The molecule has 3 aromatic heterocycles. The number of aryl methyl sites for hydroxylation is 2. The number of sulfone groups is 1. The molecule has 1 aliphatic carbocycles. The zero-order chi connectivity index (χ0) is 30.3. The van der Waals surface area contributed by atoms with Crippen molar-refractivity contribution in [2.45, 2.75) is 37.3 Å². The first-order chi connectivity index (χ1) is 20.7. The third-order valence-corrected chi connectivity index (χ3v) is 9.49. The molecule has 1 fully saturated rings. The van der Waals surface area contributed by atoms with Gasteiger partial charge in [0.1, 0.15) is 22.3 Å². The fourth-order valence-corrected chi connectivity index (χ4v) is 6.60. The molecule has 3 N–H and O–H groups in total. The van der Waals surface area contributed by atoms with Gasteiger partial charge < -0.3 is 24.8 Å². The summed E-state index contributed by atoms with van der Waals surface area (Å²) in [7, 11) is -0.444. The summed E-state index contributed by atoms with van der Waals surface area (Å²) in [6, 6.07) is 14.9. The van der Waals surface area contributed by atoms with Gasteiger partial charge in [0.2, 0.25) is 0 Å². The van der Waals surface area contributed by atoms with Gasteiger partial charge in [-0.1, -0.05) is 24.3 Å². The summed E-state index contributed by atoms with van der Waals surface area (Å²) in [5.74, 6) is 1.44. The molecule has 0 spiro atoms. The van der Waals surface area contributed by atoms with Gasteiger partial charge in [0, 0.05) is 43.2 Å². The van der Waals surface area contributed by atoms with Crippen LogP contribution in [0.1, 0.15) is 35.9 Å². The van der Waals surface area contributed by atoms with Crippen molar-refractivity contribution in [3.05, 3.63) is 77.9 Å². The average molecular weight is 603 g/mol. The van der Waals surface area contributed by atoms with Crippen molar-refractivity contribution in [1.82, 2.24) is 24.1 Å². The zero-order valence-electron chi connectivity index (χ0n) is 24.2. The topological polar surface area (TPSA) is 144 Å². The largest absolute Gasteiger partial charge is 0.495 e. The SMILES string of the molecule is COc1ccc(-c2c(C)nn3c(NCc4cccc(-c5nccn5C)c4)cc(C(O)C4CC4)nc23)cc1S(=O)(=O)CCO. The van der Waals surface area contributed by atoms with Crippen LogP contribution in [0.4, 0.5) is 5.82 Å². The lowest BCUT2D eigenvalue weighted by atomic mass is 10.1. The molecule has 0 radical (unpaired) electrons. The summed E-state index contributed by atoms with van der Waals surface area (Å²) in [6.07, 6.45) is 4.83. The van der Waals surface area contributed by atoms with Crippen LogP contribution >= 0.6 is 0 Å². The number of methoxy groups -OCH3 is 1. The van der Waals surface area contributed by atoms with Crippen LogP contribution in [-0.4, -0.2) is 62.2 Å². The summed E-state index contributed by atoms with van der Waals surface area (Å²) < 4.78 is 35.0. The Morgan fingerprint density at radius 2 is 1.95 bits per heavy atom. The monoisotopic (exact) mass is 602 g/mol. The number of aliphatic hydroxyl groups excluding tert-OH is 2. The minimum absolute atomic E-state index is 0.0135. The number of imidazole rings is 1. The normalized spacial score (nSPS) is 14.3.